The number of aromatic hydroxyl groups is 1. The lowest BCUT2D eigenvalue weighted by Crippen LogP contribution is -2.06. The van der Waals surface area contributed by atoms with Crippen molar-refractivity contribution in [2.75, 3.05) is 5.32 Å². The molecule has 24 heavy (non-hydrogen) atoms. The van der Waals surface area contributed by atoms with Crippen LogP contribution in [-0.4, -0.2) is 41.9 Å². The predicted octanol–water partition coefficient (Wildman–Crippen LogP) is 1.88. The highest BCUT2D eigenvalue weighted by atomic mass is 16.4. The largest absolute Gasteiger partial charge is 0.508 e. The minimum atomic E-state index is -1.40. The number of nitrogens with zero attached hydrogens (tertiary/aromatic N) is 3. The van der Waals surface area contributed by atoms with Gasteiger partial charge in [0.2, 0.25) is 0 Å². The molecule has 0 aliphatic heterocycles. The highest BCUT2D eigenvalue weighted by Gasteiger charge is 2.25. The van der Waals surface area contributed by atoms with E-state index in [4.69, 9.17) is 0 Å². The molecular weight excluding hydrogens is 316 g/mol. The Kier molecular flexibility index (Phi) is 3.53. The van der Waals surface area contributed by atoms with E-state index in [1.165, 1.54) is 12.4 Å². The molecule has 0 amide bonds. The Bertz CT molecular complexity index is 979. The molecule has 0 atom stereocenters. The third-order valence-electron chi connectivity index (χ3n) is 3.49. The van der Waals surface area contributed by atoms with Crippen molar-refractivity contribution in [2.24, 2.45) is 0 Å². The smallest absolute Gasteiger partial charge is 0.338 e. The van der Waals surface area contributed by atoms with Gasteiger partial charge in [-0.3, -0.25) is 0 Å². The van der Waals surface area contributed by atoms with Crippen molar-refractivity contribution in [1.29, 1.82) is 0 Å². The molecule has 0 bridgehead atoms. The van der Waals surface area contributed by atoms with Crippen molar-refractivity contribution in [3.63, 3.8) is 0 Å². The summed E-state index contributed by atoms with van der Waals surface area (Å²) >= 11 is 0. The normalized spacial score (nSPS) is 10.7. The van der Waals surface area contributed by atoms with Gasteiger partial charge in [-0.25, -0.2) is 19.1 Å². The van der Waals surface area contributed by atoms with Crippen molar-refractivity contribution in [2.45, 2.75) is 6.92 Å². The molecule has 2 heterocycles. The minimum Gasteiger partial charge on any atom is -0.508 e. The molecule has 0 radical (unpaired) electrons. The number of nitrogens with one attached hydrogen (secondary N) is 1. The van der Waals surface area contributed by atoms with Crippen LogP contribution in [0.4, 0.5) is 11.5 Å². The second-order valence-corrected chi connectivity index (χ2v) is 5.06. The van der Waals surface area contributed by atoms with Crippen LogP contribution in [0.3, 0.4) is 0 Å². The summed E-state index contributed by atoms with van der Waals surface area (Å²) in [6, 6.07) is 4.81. The number of carbonyl (C=O) groups is 2. The van der Waals surface area contributed by atoms with Gasteiger partial charge in [0.1, 0.15) is 23.2 Å². The highest BCUT2D eigenvalue weighted by Crippen LogP contribution is 2.28. The lowest BCUT2D eigenvalue weighted by molar-refractivity contribution is 0.0654. The van der Waals surface area contributed by atoms with E-state index < -0.39 is 23.1 Å². The Morgan fingerprint density at radius 2 is 1.96 bits per heavy atom. The Balaban J connectivity index is 2.19. The van der Waals surface area contributed by atoms with Crippen LogP contribution in [0.15, 0.2) is 30.7 Å². The van der Waals surface area contributed by atoms with Crippen LogP contribution < -0.4 is 5.32 Å². The molecular formula is C15H12N4O5. The molecule has 4 N–H and O–H groups in total. The van der Waals surface area contributed by atoms with Gasteiger partial charge in [-0.05, 0) is 18.6 Å². The molecule has 0 spiro atoms. The Morgan fingerprint density at radius 1 is 1.21 bits per heavy atom. The zero-order valence-electron chi connectivity index (χ0n) is 12.4. The molecule has 0 fully saturated rings. The van der Waals surface area contributed by atoms with Crippen LogP contribution in [0.5, 0.6) is 5.75 Å². The van der Waals surface area contributed by atoms with Gasteiger partial charge in [0.15, 0.2) is 5.82 Å². The van der Waals surface area contributed by atoms with Crippen LogP contribution in [0, 0.1) is 6.92 Å². The third kappa shape index (κ3) is 2.47. The summed E-state index contributed by atoms with van der Waals surface area (Å²) in [5.74, 6) is -2.61. The van der Waals surface area contributed by atoms with Crippen LogP contribution in [0.25, 0.3) is 5.52 Å². The summed E-state index contributed by atoms with van der Waals surface area (Å²) in [5.41, 5.74) is 0.353. The molecule has 9 nitrogen and oxygen atoms in total. The minimum absolute atomic E-state index is 0.0162. The fourth-order valence-electron chi connectivity index (χ4n) is 2.31. The molecule has 0 saturated heterocycles. The van der Waals surface area contributed by atoms with Crippen molar-refractivity contribution in [3.8, 4) is 5.75 Å². The highest BCUT2D eigenvalue weighted by molar-refractivity contribution is 6.09. The maximum absolute atomic E-state index is 11.5. The van der Waals surface area contributed by atoms with Gasteiger partial charge < -0.3 is 20.6 Å². The third-order valence-corrected chi connectivity index (χ3v) is 3.49. The second-order valence-electron chi connectivity index (χ2n) is 5.06. The van der Waals surface area contributed by atoms with Gasteiger partial charge in [0.05, 0.1) is 5.56 Å². The number of rotatable bonds is 4. The van der Waals surface area contributed by atoms with E-state index in [9.17, 15) is 24.9 Å². The summed E-state index contributed by atoms with van der Waals surface area (Å²) in [5, 5.41) is 35.0. The van der Waals surface area contributed by atoms with E-state index in [1.807, 2.05) is 0 Å². The number of carboxylic acids is 2. The molecule has 3 rings (SSSR count). The standard InChI is InChI=1S/C15H12N4O5/c1-7-2-3-8(4-10(7)20)18-13-12-11(15(23)24)9(14(21)22)5-19(12)17-6-16-13/h2-6,20H,1H3,(H,21,22)(H,23,24)(H,16,17,18). The van der Waals surface area contributed by atoms with E-state index in [2.05, 4.69) is 15.4 Å². The first kappa shape index (κ1) is 15.3. The van der Waals surface area contributed by atoms with E-state index in [0.29, 0.717) is 11.3 Å². The number of aromatic nitrogens is 3. The maximum atomic E-state index is 11.5. The average molecular weight is 328 g/mol. The summed E-state index contributed by atoms with van der Waals surface area (Å²) < 4.78 is 1.14. The van der Waals surface area contributed by atoms with E-state index in [0.717, 1.165) is 10.7 Å². The molecule has 0 aliphatic carbocycles. The monoisotopic (exact) mass is 328 g/mol. The number of carboxylic acid groups (broad SMARTS) is 2. The zero-order chi connectivity index (χ0) is 17.4. The predicted molar refractivity (Wildman–Crippen MR) is 83.0 cm³/mol. The zero-order valence-corrected chi connectivity index (χ0v) is 12.4. The fourth-order valence-corrected chi connectivity index (χ4v) is 2.31. The number of phenolic OH excluding ortho intramolecular Hbond substituents is 1. The summed E-state index contributed by atoms with van der Waals surface area (Å²) in [6.45, 7) is 1.73. The van der Waals surface area contributed by atoms with E-state index in [1.54, 1.807) is 19.1 Å². The molecule has 0 aliphatic rings. The van der Waals surface area contributed by atoms with Crippen LogP contribution in [-0.2, 0) is 0 Å². The number of benzene rings is 1. The lowest BCUT2D eigenvalue weighted by Gasteiger charge is -2.09. The maximum Gasteiger partial charge on any atom is 0.338 e. The number of anilines is 2. The average Bonchev–Trinajstić information content (AvgIpc) is 2.92. The number of hydrogen-bond acceptors (Lipinski definition) is 6. The number of aryl methyl sites for hydroxylation is 1. The molecule has 0 unspecified atom stereocenters. The number of aromatic carboxylic acids is 2. The van der Waals surface area contributed by atoms with Gasteiger partial charge in [-0.15, -0.1) is 0 Å². The van der Waals surface area contributed by atoms with E-state index >= 15 is 0 Å². The number of phenols is 1. The molecule has 1 aromatic carbocycles. The van der Waals surface area contributed by atoms with Crippen LogP contribution in [0.2, 0.25) is 0 Å². The number of fused-ring (bicyclic) bond motifs is 1. The molecule has 3 aromatic rings. The Morgan fingerprint density at radius 3 is 2.58 bits per heavy atom. The van der Waals surface area contributed by atoms with Crippen molar-refractivity contribution < 1.29 is 24.9 Å². The van der Waals surface area contributed by atoms with Gasteiger partial charge in [0.25, 0.3) is 0 Å². The van der Waals surface area contributed by atoms with Gasteiger partial charge in [0, 0.05) is 18.0 Å². The van der Waals surface area contributed by atoms with E-state index in [-0.39, 0.29) is 17.1 Å². The van der Waals surface area contributed by atoms with Crippen molar-refractivity contribution in [1.82, 2.24) is 14.6 Å². The molecule has 9 heteroatoms. The topological polar surface area (TPSA) is 137 Å². The van der Waals surface area contributed by atoms with Gasteiger partial charge in [-0.1, -0.05) is 6.07 Å². The fraction of sp³-hybridized carbons (Fsp3) is 0.0667. The Hall–Kier alpha value is -3.62. The SMILES string of the molecule is Cc1ccc(Nc2ncnn3cc(C(=O)O)c(C(=O)O)c23)cc1O. The quantitative estimate of drug-likeness (QED) is 0.569. The number of hydrogen-bond donors (Lipinski definition) is 4. The summed E-state index contributed by atoms with van der Waals surface area (Å²) in [6.07, 6.45) is 2.28. The molecule has 2 aromatic heterocycles. The first-order chi connectivity index (χ1) is 11.4. The first-order valence-corrected chi connectivity index (χ1v) is 6.78. The van der Waals surface area contributed by atoms with Crippen molar-refractivity contribution >= 4 is 29.0 Å². The molecule has 0 saturated carbocycles. The summed E-state index contributed by atoms with van der Waals surface area (Å²) in [4.78, 5) is 26.8. The Labute approximate surface area is 134 Å². The lowest BCUT2D eigenvalue weighted by atomic mass is 10.1. The second kappa shape index (κ2) is 5.54. The van der Waals surface area contributed by atoms with Crippen molar-refractivity contribution in [3.05, 3.63) is 47.4 Å². The van der Waals surface area contributed by atoms with Crippen LogP contribution >= 0.6 is 0 Å². The first-order valence-electron chi connectivity index (χ1n) is 6.78. The summed E-state index contributed by atoms with van der Waals surface area (Å²) in [7, 11) is 0. The van der Waals surface area contributed by atoms with Crippen LogP contribution in [0.1, 0.15) is 26.3 Å². The van der Waals surface area contributed by atoms with Gasteiger partial charge in [-0.2, -0.15) is 5.10 Å². The molecule has 122 valence electrons. The van der Waals surface area contributed by atoms with Gasteiger partial charge >= 0.3 is 11.9 Å².